The third-order valence-corrected chi connectivity index (χ3v) is 3.40. The van der Waals surface area contributed by atoms with Crippen molar-refractivity contribution in [2.45, 2.75) is 25.9 Å². The number of carbonyl (C=O) groups is 1. The van der Waals surface area contributed by atoms with Gasteiger partial charge in [0.05, 0.1) is 19.3 Å². The monoisotopic (exact) mass is 242 g/mol. The van der Waals surface area contributed by atoms with Crippen LogP contribution in [-0.4, -0.2) is 67.9 Å². The van der Waals surface area contributed by atoms with Crippen molar-refractivity contribution in [1.82, 2.24) is 9.80 Å². The predicted molar refractivity (Wildman–Crippen MR) is 64.0 cm³/mol. The van der Waals surface area contributed by atoms with Gasteiger partial charge in [-0.15, -0.1) is 0 Å². The van der Waals surface area contributed by atoms with Gasteiger partial charge in [0, 0.05) is 32.8 Å². The van der Waals surface area contributed by atoms with Gasteiger partial charge in [0.15, 0.2) is 0 Å². The average molecular weight is 242 g/mol. The first kappa shape index (κ1) is 12.6. The molecule has 0 spiro atoms. The van der Waals surface area contributed by atoms with Gasteiger partial charge in [0.2, 0.25) is 0 Å². The van der Waals surface area contributed by atoms with Crippen LogP contribution in [0, 0.1) is 0 Å². The Morgan fingerprint density at radius 2 is 1.76 bits per heavy atom. The van der Waals surface area contributed by atoms with Crippen LogP contribution in [0.15, 0.2) is 0 Å². The third-order valence-electron chi connectivity index (χ3n) is 3.40. The maximum absolute atomic E-state index is 12.2. The molecule has 0 atom stereocenters. The van der Waals surface area contributed by atoms with E-state index >= 15 is 0 Å². The van der Waals surface area contributed by atoms with E-state index < -0.39 is 0 Å². The molecule has 0 aliphatic carbocycles. The summed E-state index contributed by atoms with van der Waals surface area (Å²) in [5.74, 6) is 0. The molecule has 2 aliphatic rings. The fraction of sp³-hybridized carbons (Fsp3) is 0.917. The first-order chi connectivity index (χ1) is 8.31. The lowest BCUT2D eigenvalue weighted by Gasteiger charge is -2.36. The van der Waals surface area contributed by atoms with Gasteiger partial charge in [-0.05, 0) is 19.8 Å². The highest BCUT2D eigenvalue weighted by atomic mass is 16.5. The first-order valence-electron chi connectivity index (χ1n) is 6.54. The van der Waals surface area contributed by atoms with Crippen molar-refractivity contribution in [3.05, 3.63) is 0 Å². The van der Waals surface area contributed by atoms with Gasteiger partial charge < -0.3 is 19.3 Å². The van der Waals surface area contributed by atoms with E-state index in [0.717, 1.165) is 45.6 Å². The van der Waals surface area contributed by atoms with Crippen LogP contribution in [0.25, 0.3) is 0 Å². The zero-order valence-corrected chi connectivity index (χ0v) is 10.6. The van der Waals surface area contributed by atoms with Gasteiger partial charge in [-0.25, -0.2) is 4.79 Å². The highest BCUT2D eigenvalue weighted by Crippen LogP contribution is 2.15. The van der Waals surface area contributed by atoms with E-state index in [4.69, 9.17) is 9.47 Å². The van der Waals surface area contributed by atoms with E-state index in [-0.39, 0.29) is 6.03 Å². The van der Waals surface area contributed by atoms with Crippen molar-refractivity contribution >= 4 is 6.03 Å². The number of carbonyl (C=O) groups excluding carboxylic acids is 1. The normalized spacial score (nSPS) is 22.9. The van der Waals surface area contributed by atoms with Gasteiger partial charge in [0.1, 0.15) is 0 Å². The van der Waals surface area contributed by atoms with Crippen molar-refractivity contribution in [2.75, 3.05) is 46.0 Å². The van der Waals surface area contributed by atoms with E-state index in [1.807, 2.05) is 16.7 Å². The number of piperidine rings is 1. The molecule has 0 N–H and O–H groups in total. The Hall–Kier alpha value is -0.810. The van der Waals surface area contributed by atoms with Crippen LogP contribution < -0.4 is 0 Å². The minimum Gasteiger partial charge on any atom is -0.378 e. The molecule has 2 aliphatic heterocycles. The summed E-state index contributed by atoms with van der Waals surface area (Å²) in [4.78, 5) is 16.0. The molecule has 5 heteroatoms. The predicted octanol–water partition coefficient (Wildman–Crippen LogP) is 0.939. The number of ether oxygens (including phenoxy) is 2. The van der Waals surface area contributed by atoms with Crippen molar-refractivity contribution in [2.24, 2.45) is 0 Å². The second-order valence-corrected chi connectivity index (χ2v) is 4.52. The second-order valence-electron chi connectivity index (χ2n) is 4.52. The maximum atomic E-state index is 12.2. The molecular formula is C12H22N2O3. The number of hydrogen-bond acceptors (Lipinski definition) is 3. The highest BCUT2D eigenvalue weighted by molar-refractivity contribution is 5.74. The standard InChI is InChI=1S/C12H22N2O3/c1-2-17-11-3-5-13(6-4-11)12(15)14-7-9-16-10-8-14/h11H,2-10H2,1H3. The Balaban J connectivity index is 1.77. The third kappa shape index (κ3) is 3.33. The number of amides is 2. The minimum atomic E-state index is 0.170. The average Bonchev–Trinajstić information content (AvgIpc) is 2.40. The van der Waals surface area contributed by atoms with Gasteiger partial charge in [-0.2, -0.15) is 0 Å². The van der Waals surface area contributed by atoms with E-state index in [2.05, 4.69) is 0 Å². The number of nitrogens with zero attached hydrogens (tertiary/aromatic N) is 2. The first-order valence-corrected chi connectivity index (χ1v) is 6.54. The van der Waals surface area contributed by atoms with E-state index in [1.165, 1.54) is 0 Å². The van der Waals surface area contributed by atoms with Crippen LogP contribution in [0.3, 0.4) is 0 Å². The molecule has 17 heavy (non-hydrogen) atoms. The zero-order valence-electron chi connectivity index (χ0n) is 10.6. The van der Waals surface area contributed by atoms with Crippen LogP contribution in [-0.2, 0) is 9.47 Å². The lowest BCUT2D eigenvalue weighted by Crippen LogP contribution is -2.51. The van der Waals surface area contributed by atoms with Crippen LogP contribution in [0.4, 0.5) is 4.79 Å². The number of hydrogen-bond donors (Lipinski definition) is 0. The van der Waals surface area contributed by atoms with Crippen molar-refractivity contribution < 1.29 is 14.3 Å². The molecule has 0 aromatic carbocycles. The highest BCUT2D eigenvalue weighted by Gasteiger charge is 2.27. The number of urea groups is 1. The molecule has 2 heterocycles. The Labute approximate surface area is 103 Å². The fourth-order valence-corrected chi connectivity index (χ4v) is 2.40. The van der Waals surface area contributed by atoms with Crippen LogP contribution >= 0.6 is 0 Å². The zero-order chi connectivity index (χ0) is 12.1. The SMILES string of the molecule is CCOC1CCN(C(=O)N2CCOCC2)CC1. The summed E-state index contributed by atoms with van der Waals surface area (Å²) in [6.45, 7) is 7.21. The summed E-state index contributed by atoms with van der Waals surface area (Å²) >= 11 is 0. The Morgan fingerprint density at radius 1 is 1.18 bits per heavy atom. The summed E-state index contributed by atoms with van der Waals surface area (Å²) in [5.41, 5.74) is 0. The molecule has 2 saturated heterocycles. The van der Waals surface area contributed by atoms with Gasteiger partial charge in [-0.3, -0.25) is 0 Å². The Kier molecular flexibility index (Phi) is 4.62. The Bertz CT molecular complexity index is 246. The van der Waals surface area contributed by atoms with Crippen molar-refractivity contribution in [3.63, 3.8) is 0 Å². The molecule has 0 unspecified atom stereocenters. The van der Waals surface area contributed by atoms with Crippen molar-refractivity contribution in [1.29, 1.82) is 0 Å². The van der Waals surface area contributed by atoms with Gasteiger partial charge in [0.25, 0.3) is 0 Å². The van der Waals surface area contributed by atoms with E-state index in [9.17, 15) is 4.79 Å². The molecular weight excluding hydrogens is 220 g/mol. The van der Waals surface area contributed by atoms with Crippen LogP contribution in [0.5, 0.6) is 0 Å². The quantitative estimate of drug-likeness (QED) is 0.723. The maximum Gasteiger partial charge on any atom is 0.320 e. The molecule has 0 bridgehead atoms. The molecule has 0 aromatic heterocycles. The number of morpholine rings is 1. The molecule has 5 nitrogen and oxygen atoms in total. The summed E-state index contributed by atoms with van der Waals surface area (Å²) in [5, 5.41) is 0. The number of rotatable bonds is 2. The lowest BCUT2D eigenvalue weighted by atomic mass is 10.1. The summed E-state index contributed by atoms with van der Waals surface area (Å²) in [6.07, 6.45) is 2.27. The smallest absolute Gasteiger partial charge is 0.320 e. The molecule has 98 valence electrons. The second kappa shape index (κ2) is 6.21. The number of likely N-dealkylation sites (tertiary alicyclic amines) is 1. The summed E-state index contributed by atoms with van der Waals surface area (Å²) in [7, 11) is 0. The summed E-state index contributed by atoms with van der Waals surface area (Å²) < 4.78 is 10.8. The minimum absolute atomic E-state index is 0.170. The largest absolute Gasteiger partial charge is 0.378 e. The van der Waals surface area contributed by atoms with Gasteiger partial charge in [-0.1, -0.05) is 0 Å². The molecule has 0 radical (unpaired) electrons. The molecule has 2 rings (SSSR count). The molecule has 0 saturated carbocycles. The van der Waals surface area contributed by atoms with Crippen LogP contribution in [0.1, 0.15) is 19.8 Å². The molecule has 2 fully saturated rings. The van der Waals surface area contributed by atoms with E-state index in [1.54, 1.807) is 0 Å². The fourth-order valence-electron chi connectivity index (χ4n) is 2.40. The molecule has 0 aromatic rings. The van der Waals surface area contributed by atoms with Crippen molar-refractivity contribution in [3.8, 4) is 0 Å². The Morgan fingerprint density at radius 3 is 2.35 bits per heavy atom. The van der Waals surface area contributed by atoms with Gasteiger partial charge >= 0.3 is 6.03 Å². The van der Waals surface area contributed by atoms with E-state index in [0.29, 0.717) is 19.3 Å². The molecule has 2 amide bonds. The summed E-state index contributed by atoms with van der Waals surface area (Å²) in [6, 6.07) is 0.170. The lowest BCUT2D eigenvalue weighted by molar-refractivity contribution is 0.00952. The van der Waals surface area contributed by atoms with Crippen LogP contribution in [0.2, 0.25) is 0 Å². The topological polar surface area (TPSA) is 42.0 Å².